The van der Waals surface area contributed by atoms with Gasteiger partial charge in [0.15, 0.2) is 0 Å². The van der Waals surface area contributed by atoms with E-state index in [9.17, 15) is 0 Å². The molecular formula is C16H22. The summed E-state index contributed by atoms with van der Waals surface area (Å²) in [6, 6.07) is 0. The van der Waals surface area contributed by atoms with Crippen molar-refractivity contribution in [1.29, 1.82) is 0 Å². The van der Waals surface area contributed by atoms with Crippen molar-refractivity contribution >= 4 is 5.57 Å². The van der Waals surface area contributed by atoms with E-state index in [1.165, 1.54) is 33.4 Å². The summed E-state index contributed by atoms with van der Waals surface area (Å²) in [5.74, 6) is 0.605. The van der Waals surface area contributed by atoms with Crippen LogP contribution >= 0.6 is 0 Å². The normalized spacial score (nSPS) is 19.3. The minimum absolute atomic E-state index is 0.605. The van der Waals surface area contributed by atoms with Gasteiger partial charge in [0.05, 0.1) is 0 Å². The summed E-state index contributed by atoms with van der Waals surface area (Å²) in [7, 11) is 0. The first-order valence-electron chi connectivity index (χ1n) is 6.15. The van der Waals surface area contributed by atoms with E-state index in [-0.39, 0.29) is 0 Å². The first kappa shape index (κ1) is 11.4. The fourth-order valence-corrected chi connectivity index (χ4v) is 3.10. The van der Waals surface area contributed by atoms with Gasteiger partial charge in [0.25, 0.3) is 0 Å². The Hall–Kier alpha value is -1.04. The third-order valence-electron chi connectivity index (χ3n) is 4.78. The van der Waals surface area contributed by atoms with Gasteiger partial charge in [0, 0.05) is 5.92 Å². The molecule has 1 aromatic rings. The molecule has 0 radical (unpaired) electrons. The van der Waals surface area contributed by atoms with E-state index < -0.39 is 0 Å². The molecule has 0 heteroatoms. The molecule has 0 saturated carbocycles. The van der Waals surface area contributed by atoms with E-state index in [0.29, 0.717) is 5.92 Å². The van der Waals surface area contributed by atoms with Crippen LogP contribution < -0.4 is 0 Å². The molecule has 0 bridgehead atoms. The molecule has 0 heterocycles. The van der Waals surface area contributed by atoms with Crippen molar-refractivity contribution < 1.29 is 0 Å². The lowest BCUT2D eigenvalue weighted by Gasteiger charge is -2.19. The molecule has 1 atom stereocenters. The van der Waals surface area contributed by atoms with Crippen molar-refractivity contribution in [2.75, 3.05) is 0 Å². The Labute approximate surface area is 99.4 Å². The van der Waals surface area contributed by atoms with Gasteiger partial charge < -0.3 is 0 Å². The standard InChI is InChI=1S/C16H22/c1-8-9(2)12(5)16-14(7)10(3)13(6)15(16)11(8)4/h13H,1-7H3/t13-/m1/s1. The molecule has 0 saturated heterocycles. The number of rotatable bonds is 0. The molecule has 0 N–H and O–H groups in total. The predicted octanol–water partition coefficient (Wildman–Crippen LogP) is 4.83. The van der Waals surface area contributed by atoms with Crippen molar-refractivity contribution in [3.8, 4) is 0 Å². The molecule has 0 amide bonds. The quantitative estimate of drug-likeness (QED) is 0.580. The van der Waals surface area contributed by atoms with E-state index in [4.69, 9.17) is 0 Å². The van der Waals surface area contributed by atoms with Crippen molar-refractivity contribution in [3.63, 3.8) is 0 Å². The van der Waals surface area contributed by atoms with Gasteiger partial charge >= 0.3 is 0 Å². The average molecular weight is 214 g/mol. The van der Waals surface area contributed by atoms with Gasteiger partial charge in [-0.1, -0.05) is 12.5 Å². The lowest BCUT2D eigenvalue weighted by Crippen LogP contribution is -2.02. The Morgan fingerprint density at radius 1 is 0.688 bits per heavy atom. The fraction of sp³-hybridized carbons (Fsp3) is 0.500. The maximum Gasteiger partial charge on any atom is 0.00318 e. The third-order valence-corrected chi connectivity index (χ3v) is 4.78. The van der Waals surface area contributed by atoms with Crippen LogP contribution in [0.3, 0.4) is 0 Å². The highest BCUT2D eigenvalue weighted by Gasteiger charge is 2.27. The van der Waals surface area contributed by atoms with Crippen LogP contribution in [0.15, 0.2) is 5.57 Å². The second kappa shape index (κ2) is 3.48. The van der Waals surface area contributed by atoms with Crippen molar-refractivity contribution in [2.45, 2.75) is 54.4 Å². The second-order valence-corrected chi connectivity index (χ2v) is 5.32. The molecule has 0 spiro atoms. The molecule has 0 unspecified atom stereocenters. The maximum absolute atomic E-state index is 2.34. The number of benzene rings is 1. The fourth-order valence-electron chi connectivity index (χ4n) is 3.10. The first-order valence-corrected chi connectivity index (χ1v) is 6.15. The van der Waals surface area contributed by atoms with Crippen LogP contribution in [-0.2, 0) is 0 Å². The summed E-state index contributed by atoms with van der Waals surface area (Å²) < 4.78 is 0. The zero-order valence-corrected chi connectivity index (χ0v) is 11.6. The van der Waals surface area contributed by atoms with Gasteiger partial charge in [0.2, 0.25) is 0 Å². The minimum atomic E-state index is 0.605. The van der Waals surface area contributed by atoms with Gasteiger partial charge in [-0.05, 0) is 80.5 Å². The molecule has 1 aliphatic carbocycles. The Balaban J connectivity index is 2.89. The van der Waals surface area contributed by atoms with E-state index in [2.05, 4.69) is 48.5 Å². The minimum Gasteiger partial charge on any atom is -0.0625 e. The highest BCUT2D eigenvalue weighted by molar-refractivity contribution is 5.81. The number of allylic oxidation sites excluding steroid dienone is 2. The summed E-state index contributed by atoms with van der Waals surface area (Å²) in [6.07, 6.45) is 0. The third kappa shape index (κ3) is 1.22. The molecule has 2 rings (SSSR count). The molecule has 1 aliphatic rings. The topological polar surface area (TPSA) is 0 Å². The van der Waals surface area contributed by atoms with Gasteiger partial charge in [-0.15, -0.1) is 0 Å². The van der Waals surface area contributed by atoms with Crippen LogP contribution in [0, 0.1) is 27.7 Å². The molecule has 0 fully saturated rings. The summed E-state index contributed by atoms with van der Waals surface area (Å²) in [5.41, 5.74) is 12.1. The van der Waals surface area contributed by atoms with E-state index in [1.807, 2.05) is 0 Å². The first-order chi connectivity index (χ1) is 7.37. The van der Waals surface area contributed by atoms with Gasteiger partial charge in [-0.2, -0.15) is 0 Å². The molecule has 0 aromatic heterocycles. The van der Waals surface area contributed by atoms with Crippen molar-refractivity contribution in [2.24, 2.45) is 0 Å². The largest absolute Gasteiger partial charge is 0.0625 e. The van der Waals surface area contributed by atoms with Crippen molar-refractivity contribution in [1.82, 2.24) is 0 Å². The SMILES string of the molecule is CC1=C(C)[C@@H](C)c2c(C)c(C)c(C)c(C)c21. The van der Waals surface area contributed by atoms with E-state index in [1.54, 1.807) is 11.1 Å². The Morgan fingerprint density at radius 2 is 1.19 bits per heavy atom. The van der Waals surface area contributed by atoms with E-state index in [0.717, 1.165) is 0 Å². The summed E-state index contributed by atoms with van der Waals surface area (Å²) >= 11 is 0. The lowest BCUT2D eigenvalue weighted by molar-refractivity contribution is 0.901. The molecule has 0 nitrogen and oxygen atoms in total. The summed E-state index contributed by atoms with van der Waals surface area (Å²) in [6.45, 7) is 16.0. The van der Waals surface area contributed by atoms with Crippen LogP contribution in [0.4, 0.5) is 0 Å². The Bertz CT molecular complexity index is 502. The molecular weight excluding hydrogens is 192 g/mol. The number of fused-ring (bicyclic) bond motifs is 1. The Kier molecular flexibility index (Phi) is 2.49. The molecule has 1 aromatic carbocycles. The summed E-state index contributed by atoms with van der Waals surface area (Å²) in [4.78, 5) is 0. The number of hydrogen-bond acceptors (Lipinski definition) is 0. The van der Waals surface area contributed by atoms with Crippen molar-refractivity contribution in [3.05, 3.63) is 39.0 Å². The van der Waals surface area contributed by atoms with Crippen LogP contribution in [0.1, 0.15) is 60.1 Å². The lowest BCUT2D eigenvalue weighted by atomic mass is 9.86. The summed E-state index contributed by atoms with van der Waals surface area (Å²) in [5, 5.41) is 0. The van der Waals surface area contributed by atoms with Crippen LogP contribution in [-0.4, -0.2) is 0 Å². The highest BCUT2D eigenvalue weighted by atomic mass is 14.3. The monoisotopic (exact) mass is 214 g/mol. The van der Waals surface area contributed by atoms with Gasteiger partial charge in [-0.25, -0.2) is 0 Å². The second-order valence-electron chi connectivity index (χ2n) is 5.32. The van der Waals surface area contributed by atoms with Crippen LogP contribution in [0.25, 0.3) is 5.57 Å². The maximum atomic E-state index is 2.34. The smallest absolute Gasteiger partial charge is 0.00318 e. The van der Waals surface area contributed by atoms with Gasteiger partial charge in [0.1, 0.15) is 0 Å². The zero-order valence-electron chi connectivity index (χ0n) is 11.6. The number of hydrogen-bond donors (Lipinski definition) is 0. The predicted molar refractivity (Wildman–Crippen MR) is 72.1 cm³/mol. The molecule has 86 valence electrons. The average Bonchev–Trinajstić information content (AvgIpc) is 2.48. The molecule has 16 heavy (non-hydrogen) atoms. The van der Waals surface area contributed by atoms with Crippen LogP contribution in [0.2, 0.25) is 0 Å². The Morgan fingerprint density at radius 3 is 1.75 bits per heavy atom. The van der Waals surface area contributed by atoms with E-state index >= 15 is 0 Å². The zero-order chi connectivity index (χ0) is 12.2. The van der Waals surface area contributed by atoms with Gasteiger partial charge in [-0.3, -0.25) is 0 Å². The van der Waals surface area contributed by atoms with Crippen LogP contribution in [0.5, 0.6) is 0 Å². The highest BCUT2D eigenvalue weighted by Crippen LogP contribution is 2.46. The molecule has 0 aliphatic heterocycles.